The van der Waals surface area contributed by atoms with Gasteiger partial charge in [0.05, 0.1) is 16.8 Å². The minimum absolute atomic E-state index is 0.0183. The zero-order valence-corrected chi connectivity index (χ0v) is 16.0. The molecule has 8 heteroatoms. The Balaban J connectivity index is 1.82. The van der Waals surface area contributed by atoms with Crippen molar-refractivity contribution < 1.29 is 13.2 Å². The van der Waals surface area contributed by atoms with Gasteiger partial charge in [-0.05, 0) is 37.8 Å². The molecule has 1 fully saturated rings. The normalized spacial score (nSPS) is 18.4. The van der Waals surface area contributed by atoms with Crippen molar-refractivity contribution in [2.75, 3.05) is 18.6 Å². The van der Waals surface area contributed by atoms with Crippen LogP contribution in [-0.2, 0) is 28.2 Å². The predicted octanol–water partition coefficient (Wildman–Crippen LogP) is 1.16. The molecule has 1 unspecified atom stereocenters. The molecule has 0 radical (unpaired) electrons. The van der Waals surface area contributed by atoms with E-state index in [2.05, 4.69) is 0 Å². The van der Waals surface area contributed by atoms with Gasteiger partial charge in [-0.2, -0.15) is 0 Å². The second-order valence-electron chi connectivity index (χ2n) is 7.07. The summed E-state index contributed by atoms with van der Waals surface area (Å²) in [5.74, 6) is -0.0444. The fourth-order valence-electron chi connectivity index (χ4n) is 3.72. The van der Waals surface area contributed by atoms with Crippen molar-refractivity contribution in [1.82, 2.24) is 14.0 Å². The molecule has 1 aliphatic rings. The number of likely N-dealkylation sites (tertiary alicyclic amines) is 1. The van der Waals surface area contributed by atoms with E-state index < -0.39 is 9.84 Å². The molecule has 1 amide bonds. The van der Waals surface area contributed by atoms with Crippen LogP contribution in [0.25, 0.3) is 11.0 Å². The van der Waals surface area contributed by atoms with Crippen molar-refractivity contribution in [3.63, 3.8) is 0 Å². The summed E-state index contributed by atoms with van der Waals surface area (Å²) in [5, 5.41) is 0. The molecule has 1 aromatic heterocycles. The maximum absolute atomic E-state index is 12.9. The van der Waals surface area contributed by atoms with E-state index >= 15 is 0 Å². The van der Waals surface area contributed by atoms with Gasteiger partial charge in [0.15, 0.2) is 0 Å². The predicted molar refractivity (Wildman–Crippen MR) is 101 cm³/mol. The van der Waals surface area contributed by atoms with Crippen LogP contribution in [0, 0.1) is 0 Å². The summed E-state index contributed by atoms with van der Waals surface area (Å²) in [5.41, 5.74) is 1.31. The van der Waals surface area contributed by atoms with Gasteiger partial charge in [-0.15, -0.1) is 0 Å². The van der Waals surface area contributed by atoms with Crippen LogP contribution < -0.4 is 5.69 Å². The summed E-state index contributed by atoms with van der Waals surface area (Å²) < 4.78 is 26.0. The van der Waals surface area contributed by atoms with Gasteiger partial charge in [0.2, 0.25) is 5.91 Å². The molecular formula is C18H25N3O4S. The third-order valence-electron chi connectivity index (χ3n) is 5.11. The summed E-state index contributed by atoms with van der Waals surface area (Å²) in [7, 11) is -1.36. The number of amides is 1. The number of hydrogen-bond acceptors (Lipinski definition) is 4. The van der Waals surface area contributed by atoms with Crippen molar-refractivity contribution in [1.29, 1.82) is 0 Å². The molecule has 1 saturated heterocycles. The Morgan fingerprint density at radius 1 is 1.19 bits per heavy atom. The first kappa shape index (κ1) is 18.7. The lowest BCUT2D eigenvalue weighted by Crippen LogP contribution is -2.46. The van der Waals surface area contributed by atoms with E-state index in [-0.39, 0.29) is 29.9 Å². The SMILES string of the molecule is Cn1c(=O)n(CC(=O)N2CCCCC2CCS(C)(=O)=O)c2ccccc21. The maximum atomic E-state index is 12.9. The van der Waals surface area contributed by atoms with Crippen molar-refractivity contribution in [2.24, 2.45) is 7.05 Å². The van der Waals surface area contributed by atoms with E-state index in [1.54, 1.807) is 16.5 Å². The lowest BCUT2D eigenvalue weighted by molar-refractivity contribution is -0.135. The van der Waals surface area contributed by atoms with Crippen LogP contribution in [0.5, 0.6) is 0 Å². The van der Waals surface area contributed by atoms with E-state index in [4.69, 9.17) is 0 Å². The van der Waals surface area contributed by atoms with Gasteiger partial charge in [-0.25, -0.2) is 13.2 Å². The number of carbonyl (C=O) groups excluding carboxylic acids is 1. The van der Waals surface area contributed by atoms with Gasteiger partial charge < -0.3 is 4.90 Å². The number of rotatable bonds is 5. The molecule has 1 atom stereocenters. The Morgan fingerprint density at radius 3 is 2.58 bits per heavy atom. The highest BCUT2D eigenvalue weighted by atomic mass is 32.2. The van der Waals surface area contributed by atoms with E-state index in [1.807, 2.05) is 24.3 Å². The van der Waals surface area contributed by atoms with Crippen molar-refractivity contribution in [3.05, 3.63) is 34.7 Å². The zero-order valence-electron chi connectivity index (χ0n) is 15.2. The first-order valence-electron chi connectivity index (χ1n) is 8.89. The van der Waals surface area contributed by atoms with Crippen LogP contribution in [0.1, 0.15) is 25.7 Å². The van der Waals surface area contributed by atoms with Crippen molar-refractivity contribution >= 4 is 26.8 Å². The van der Waals surface area contributed by atoms with Crippen molar-refractivity contribution in [3.8, 4) is 0 Å². The second kappa shape index (κ2) is 7.26. The molecule has 0 spiro atoms. The first-order valence-corrected chi connectivity index (χ1v) is 11.0. The zero-order chi connectivity index (χ0) is 18.9. The Labute approximate surface area is 153 Å². The number of hydrogen-bond donors (Lipinski definition) is 0. The minimum atomic E-state index is -3.06. The van der Waals surface area contributed by atoms with Gasteiger partial charge in [-0.3, -0.25) is 13.9 Å². The second-order valence-corrected chi connectivity index (χ2v) is 9.33. The number of nitrogens with zero attached hydrogens (tertiary/aromatic N) is 3. The van der Waals surface area contributed by atoms with Crippen LogP contribution >= 0.6 is 0 Å². The third kappa shape index (κ3) is 3.85. The summed E-state index contributed by atoms with van der Waals surface area (Å²) in [6, 6.07) is 7.32. The summed E-state index contributed by atoms with van der Waals surface area (Å²) in [4.78, 5) is 27.2. The molecule has 0 saturated carbocycles. The Bertz CT molecular complexity index is 974. The molecule has 7 nitrogen and oxygen atoms in total. The Morgan fingerprint density at radius 2 is 1.88 bits per heavy atom. The number of carbonyl (C=O) groups is 1. The molecular weight excluding hydrogens is 354 g/mol. The number of sulfone groups is 1. The summed E-state index contributed by atoms with van der Waals surface area (Å²) >= 11 is 0. The van der Waals surface area contributed by atoms with Gasteiger partial charge >= 0.3 is 5.69 Å². The molecule has 1 aliphatic heterocycles. The molecule has 2 aromatic rings. The Hall–Kier alpha value is -2.09. The monoisotopic (exact) mass is 379 g/mol. The lowest BCUT2D eigenvalue weighted by atomic mass is 10.00. The molecule has 0 bridgehead atoms. The fourth-order valence-corrected chi connectivity index (χ4v) is 4.42. The standard InChI is InChI=1S/C18H25N3O4S/c1-19-15-8-3-4-9-16(15)21(18(19)23)13-17(22)20-11-6-5-7-14(20)10-12-26(2,24)25/h3-4,8-9,14H,5-7,10-13H2,1-2H3. The highest BCUT2D eigenvalue weighted by Gasteiger charge is 2.28. The summed E-state index contributed by atoms with van der Waals surface area (Å²) in [6.07, 6.45) is 4.39. The quantitative estimate of drug-likeness (QED) is 0.781. The molecule has 1 aromatic carbocycles. The molecule has 2 heterocycles. The molecule has 0 N–H and O–H groups in total. The van der Waals surface area contributed by atoms with Gasteiger partial charge in [0.1, 0.15) is 16.4 Å². The third-order valence-corrected chi connectivity index (χ3v) is 6.09. The van der Waals surface area contributed by atoms with Crippen LogP contribution in [-0.4, -0.2) is 53.0 Å². The topological polar surface area (TPSA) is 81.4 Å². The van der Waals surface area contributed by atoms with Crippen LogP contribution in [0.3, 0.4) is 0 Å². The summed E-state index contributed by atoms with van der Waals surface area (Å²) in [6.45, 7) is 0.600. The van der Waals surface area contributed by atoms with Gasteiger partial charge in [-0.1, -0.05) is 12.1 Å². The average Bonchev–Trinajstić information content (AvgIpc) is 2.85. The smallest absolute Gasteiger partial charge is 0.329 e. The highest BCUT2D eigenvalue weighted by Crippen LogP contribution is 2.21. The lowest BCUT2D eigenvalue weighted by Gasteiger charge is -2.36. The first-order chi connectivity index (χ1) is 12.3. The van der Waals surface area contributed by atoms with Crippen LogP contribution in [0.15, 0.2) is 29.1 Å². The molecule has 0 aliphatic carbocycles. The van der Waals surface area contributed by atoms with Gasteiger partial charge in [0.25, 0.3) is 0 Å². The molecule has 142 valence electrons. The fraction of sp³-hybridized carbons (Fsp3) is 0.556. The average molecular weight is 379 g/mol. The highest BCUT2D eigenvalue weighted by molar-refractivity contribution is 7.90. The minimum Gasteiger partial charge on any atom is -0.338 e. The van der Waals surface area contributed by atoms with Gasteiger partial charge in [0, 0.05) is 25.9 Å². The van der Waals surface area contributed by atoms with E-state index in [0.29, 0.717) is 13.0 Å². The number of benzene rings is 1. The largest absolute Gasteiger partial charge is 0.338 e. The number of piperidine rings is 1. The van der Waals surface area contributed by atoms with Crippen molar-refractivity contribution in [2.45, 2.75) is 38.3 Å². The number of para-hydroxylation sites is 2. The van der Waals surface area contributed by atoms with Crippen LogP contribution in [0.4, 0.5) is 0 Å². The Kier molecular flexibility index (Phi) is 5.22. The molecule has 26 heavy (non-hydrogen) atoms. The van der Waals surface area contributed by atoms with E-state index in [1.165, 1.54) is 10.8 Å². The number of fused-ring (bicyclic) bond motifs is 1. The number of aryl methyl sites for hydroxylation is 1. The maximum Gasteiger partial charge on any atom is 0.329 e. The van der Waals surface area contributed by atoms with E-state index in [9.17, 15) is 18.0 Å². The molecule has 3 rings (SSSR count). The van der Waals surface area contributed by atoms with Crippen LogP contribution in [0.2, 0.25) is 0 Å². The number of imidazole rings is 1. The number of aromatic nitrogens is 2. The van der Waals surface area contributed by atoms with E-state index in [0.717, 1.165) is 30.3 Å².